The highest BCUT2D eigenvalue weighted by atomic mass is 16.6. The second kappa shape index (κ2) is 11.2. The van der Waals surface area contributed by atoms with E-state index >= 15 is 0 Å². The van der Waals surface area contributed by atoms with Gasteiger partial charge in [-0.15, -0.1) is 0 Å². The zero-order chi connectivity index (χ0) is 26.5. The molecule has 0 saturated carbocycles. The van der Waals surface area contributed by atoms with Crippen LogP contribution in [-0.4, -0.2) is 63.0 Å². The van der Waals surface area contributed by atoms with Crippen LogP contribution in [0.3, 0.4) is 0 Å². The number of unbranched alkanes of at least 4 members (excludes halogenated alkanes) is 1. The molecule has 2 aromatic rings. The van der Waals surface area contributed by atoms with Crippen molar-refractivity contribution in [3.05, 3.63) is 53.5 Å². The zero-order valence-corrected chi connectivity index (χ0v) is 21.4. The maximum absolute atomic E-state index is 13.2. The van der Waals surface area contributed by atoms with E-state index in [1.165, 1.54) is 16.1 Å². The number of anilines is 1. The fourth-order valence-corrected chi connectivity index (χ4v) is 3.81. The molecule has 1 aromatic heterocycles. The van der Waals surface area contributed by atoms with Gasteiger partial charge in [-0.25, -0.2) is 14.8 Å². The highest BCUT2D eigenvalue weighted by molar-refractivity contribution is 6.21. The molecule has 0 saturated heterocycles. The van der Waals surface area contributed by atoms with E-state index in [0.29, 0.717) is 36.3 Å². The van der Waals surface area contributed by atoms with E-state index in [0.717, 1.165) is 0 Å². The number of ether oxygens (including phenoxy) is 1. The third kappa shape index (κ3) is 6.36. The summed E-state index contributed by atoms with van der Waals surface area (Å²) < 4.78 is 5.67. The van der Waals surface area contributed by atoms with Crippen LogP contribution in [0.1, 0.15) is 74.0 Å². The summed E-state index contributed by atoms with van der Waals surface area (Å²) in [4.78, 5) is 48.0. The number of carbonyl (C=O) groups is 3. The summed E-state index contributed by atoms with van der Waals surface area (Å²) in [6.45, 7) is 10.3. The lowest BCUT2D eigenvalue weighted by Crippen LogP contribution is -2.51. The predicted octanol–water partition coefficient (Wildman–Crippen LogP) is 4.04. The normalized spacial score (nSPS) is 13.0. The lowest BCUT2D eigenvalue weighted by molar-refractivity contribution is 0.0211. The lowest BCUT2D eigenvalue weighted by atomic mass is 10.1. The number of fused-ring (bicyclic) bond motifs is 1. The molecule has 0 bridgehead atoms. The van der Waals surface area contributed by atoms with Crippen molar-refractivity contribution >= 4 is 23.7 Å². The number of amides is 3. The second-order valence-corrected chi connectivity index (χ2v) is 9.94. The molecule has 1 aromatic carbocycles. The van der Waals surface area contributed by atoms with Gasteiger partial charge in [0.15, 0.2) is 5.82 Å². The van der Waals surface area contributed by atoms with Gasteiger partial charge in [0.05, 0.1) is 11.1 Å². The number of carbonyl (C=O) groups excluding carboxylic acids is 3. The van der Waals surface area contributed by atoms with Crippen molar-refractivity contribution in [2.75, 3.05) is 24.6 Å². The van der Waals surface area contributed by atoms with E-state index in [9.17, 15) is 19.6 Å². The van der Waals surface area contributed by atoms with Crippen molar-refractivity contribution in [1.29, 1.82) is 5.26 Å². The number of aromatic nitrogens is 2. The van der Waals surface area contributed by atoms with Crippen molar-refractivity contribution in [1.82, 2.24) is 19.9 Å². The minimum atomic E-state index is -0.720. The molecule has 190 valence electrons. The van der Waals surface area contributed by atoms with E-state index in [4.69, 9.17) is 4.74 Å². The van der Waals surface area contributed by atoms with Crippen LogP contribution in [0.15, 0.2) is 36.5 Å². The topological polar surface area (TPSA) is 120 Å². The van der Waals surface area contributed by atoms with Crippen LogP contribution >= 0.6 is 0 Å². The molecular weight excluding hydrogens is 460 g/mol. The van der Waals surface area contributed by atoms with E-state index < -0.39 is 11.7 Å². The van der Waals surface area contributed by atoms with Crippen molar-refractivity contribution in [3.63, 3.8) is 0 Å². The van der Waals surface area contributed by atoms with Gasteiger partial charge in [-0.1, -0.05) is 26.0 Å². The Morgan fingerprint density at radius 1 is 1.11 bits per heavy atom. The van der Waals surface area contributed by atoms with Gasteiger partial charge in [-0.3, -0.25) is 19.5 Å². The Morgan fingerprint density at radius 3 is 2.31 bits per heavy atom. The molecule has 1 aliphatic rings. The molecule has 36 heavy (non-hydrogen) atoms. The second-order valence-electron chi connectivity index (χ2n) is 9.94. The van der Waals surface area contributed by atoms with Crippen molar-refractivity contribution in [2.24, 2.45) is 5.92 Å². The Labute approximate surface area is 211 Å². The molecule has 0 aliphatic carbocycles. The molecule has 2 heterocycles. The van der Waals surface area contributed by atoms with E-state index in [1.54, 1.807) is 56.1 Å². The Balaban J connectivity index is 1.76. The van der Waals surface area contributed by atoms with Gasteiger partial charge in [0.2, 0.25) is 5.82 Å². The lowest BCUT2D eigenvalue weighted by Gasteiger charge is -2.37. The average molecular weight is 493 g/mol. The molecule has 10 heteroatoms. The number of nitrogens with zero attached hydrogens (tertiary/aromatic N) is 6. The van der Waals surface area contributed by atoms with Gasteiger partial charge in [-0.05, 0) is 51.7 Å². The molecule has 10 nitrogen and oxygen atoms in total. The fourth-order valence-electron chi connectivity index (χ4n) is 3.81. The van der Waals surface area contributed by atoms with Crippen molar-refractivity contribution in [3.8, 4) is 6.07 Å². The van der Waals surface area contributed by atoms with Gasteiger partial charge < -0.3 is 4.74 Å². The summed E-state index contributed by atoms with van der Waals surface area (Å²) in [6, 6.07) is 10.3. The van der Waals surface area contributed by atoms with E-state index in [2.05, 4.69) is 9.97 Å². The smallest absolute Gasteiger partial charge is 0.429 e. The predicted molar refractivity (Wildman–Crippen MR) is 133 cm³/mol. The monoisotopic (exact) mass is 492 g/mol. The number of rotatable bonds is 9. The highest BCUT2D eigenvalue weighted by Crippen LogP contribution is 2.23. The highest BCUT2D eigenvalue weighted by Gasteiger charge is 2.35. The molecular formula is C26H32N6O4. The van der Waals surface area contributed by atoms with Gasteiger partial charge >= 0.3 is 6.09 Å². The number of nitriles is 1. The summed E-state index contributed by atoms with van der Waals surface area (Å²) in [5.41, 5.74) is 0.110. The maximum Gasteiger partial charge on any atom is 0.429 e. The molecule has 3 amide bonds. The third-order valence-electron chi connectivity index (χ3n) is 5.32. The standard InChI is InChI=1S/C26H32N6O4/c1-18(2)17-32(22-12-13-28-21(16-27)29-22)31(25(35)36-26(3,4)5)15-9-8-14-30-23(33)19-10-6-7-11-20(19)24(30)34/h6-7,10-13,18H,8-9,14-15,17H2,1-5H3. The van der Waals surface area contributed by atoms with E-state index in [1.807, 2.05) is 19.9 Å². The number of hydrogen-bond acceptors (Lipinski definition) is 8. The summed E-state index contributed by atoms with van der Waals surface area (Å²) in [5.74, 6) is -0.0386. The van der Waals surface area contributed by atoms with Crippen LogP contribution in [0.25, 0.3) is 0 Å². The SMILES string of the molecule is CC(C)CN(c1ccnc(C#N)n1)N(CCCCN1C(=O)c2ccccc2C1=O)C(=O)OC(C)(C)C. The zero-order valence-electron chi connectivity index (χ0n) is 21.4. The number of hydrazine groups is 1. The molecule has 0 spiro atoms. The van der Waals surface area contributed by atoms with Crippen LogP contribution in [0, 0.1) is 17.2 Å². The molecule has 3 rings (SSSR count). The molecule has 0 atom stereocenters. The van der Waals surface area contributed by atoms with Crippen LogP contribution in [0.4, 0.5) is 10.6 Å². The van der Waals surface area contributed by atoms with Gasteiger partial charge in [0, 0.05) is 31.9 Å². The minimum absolute atomic E-state index is 0.00369. The van der Waals surface area contributed by atoms with Crippen LogP contribution in [0.5, 0.6) is 0 Å². The first-order valence-corrected chi connectivity index (χ1v) is 12.0. The molecule has 1 aliphatic heterocycles. The van der Waals surface area contributed by atoms with Gasteiger partial charge in [0.25, 0.3) is 11.8 Å². The van der Waals surface area contributed by atoms with Crippen molar-refractivity contribution < 1.29 is 19.1 Å². The summed E-state index contributed by atoms with van der Waals surface area (Å²) in [7, 11) is 0. The minimum Gasteiger partial charge on any atom is -0.442 e. The van der Waals surface area contributed by atoms with E-state index in [-0.39, 0.29) is 36.6 Å². The Hall–Kier alpha value is -4.00. The third-order valence-corrected chi connectivity index (χ3v) is 5.32. The Kier molecular flexibility index (Phi) is 8.25. The van der Waals surface area contributed by atoms with Gasteiger partial charge in [0.1, 0.15) is 11.7 Å². The molecule has 0 radical (unpaired) electrons. The van der Waals surface area contributed by atoms with Crippen LogP contribution in [-0.2, 0) is 4.74 Å². The first-order valence-electron chi connectivity index (χ1n) is 12.0. The molecule has 0 fully saturated rings. The Bertz CT molecular complexity index is 1130. The summed E-state index contributed by atoms with van der Waals surface area (Å²) >= 11 is 0. The maximum atomic E-state index is 13.2. The molecule has 0 N–H and O–H groups in total. The largest absolute Gasteiger partial charge is 0.442 e. The first kappa shape index (κ1) is 26.6. The number of imide groups is 1. The molecule has 0 unspecified atom stereocenters. The fraction of sp³-hybridized carbons (Fsp3) is 0.462. The summed E-state index contributed by atoms with van der Waals surface area (Å²) in [5, 5.41) is 12.4. The van der Waals surface area contributed by atoms with Crippen LogP contribution < -0.4 is 5.01 Å². The van der Waals surface area contributed by atoms with Gasteiger partial charge in [-0.2, -0.15) is 10.2 Å². The summed E-state index contributed by atoms with van der Waals surface area (Å²) in [6.07, 6.45) is 1.91. The number of hydrogen-bond donors (Lipinski definition) is 0. The van der Waals surface area contributed by atoms with Crippen molar-refractivity contribution in [2.45, 2.75) is 53.1 Å². The van der Waals surface area contributed by atoms with Crippen LogP contribution in [0.2, 0.25) is 0 Å². The first-order chi connectivity index (χ1) is 17.0. The number of benzene rings is 1. The Morgan fingerprint density at radius 2 is 1.75 bits per heavy atom. The quantitative estimate of drug-likeness (QED) is 0.292. The average Bonchev–Trinajstić information content (AvgIpc) is 3.06.